The summed E-state index contributed by atoms with van der Waals surface area (Å²) in [4.78, 5) is 8.82. The zero-order valence-electron chi connectivity index (χ0n) is 9.74. The van der Waals surface area contributed by atoms with Crippen LogP contribution in [-0.2, 0) is 6.54 Å². The van der Waals surface area contributed by atoms with E-state index in [2.05, 4.69) is 26.7 Å². The minimum atomic E-state index is 0.768. The fourth-order valence-corrected chi connectivity index (χ4v) is 2.24. The van der Waals surface area contributed by atoms with E-state index >= 15 is 0 Å². The van der Waals surface area contributed by atoms with Crippen molar-refractivity contribution < 1.29 is 0 Å². The number of anilines is 1. The maximum atomic E-state index is 4.41. The van der Waals surface area contributed by atoms with Crippen molar-refractivity contribution in [2.24, 2.45) is 0 Å². The van der Waals surface area contributed by atoms with Crippen LogP contribution in [0.1, 0.15) is 22.1 Å². The Balaban J connectivity index is 2.04. The Morgan fingerprint density at radius 3 is 2.56 bits per heavy atom. The molecule has 1 N–H and O–H groups in total. The lowest BCUT2D eigenvalue weighted by Crippen LogP contribution is -2.02. The highest BCUT2D eigenvalue weighted by Crippen LogP contribution is 2.15. The zero-order valence-corrected chi connectivity index (χ0v) is 10.6. The van der Waals surface area contributed by atoms with Crippen LogP contribution >= 0.6 is 11.3 Å². The summed E-state index contributed by atoms with van der Waals surface area (Å²) in [5.74, 6) is 0. The molecule has 2 aromatic rings. The van der Waals surface area contributed by atoms with Gasteiger partial charge in [0.25, 0.3) is 0 Å². The molecular weight excluding hydrogens is 218 g/mol. The van der Waals surface area contributed by atoms with Crippen molar-refractivity contribution in [2.75, 3.05) is 5.32 Å². The summed E-state index contributed by atoms with van der Waals surface area (Å²) < 4.78 is 0. The molecule has 0 aliphatic heterocycles. The third-order valence-electron chi connectivity index (χ3n) is 2.32. The van der Waals surface area contributed by atoms with Gasteiger partial charge in [-0.15, -0.1) is 11.3 Å². The molecule has 16 heavy (non-hydrogen) atoms. The summed E-state index contributed by atoms with van der Waals surface area (Å²) in [6, 6.07) is 4.08. The largest absolute Gasteiger partial charge is 0.377 e. The van der Waals surface area contributed by atoms with E-state index in [0.717, 1.165) is 34.3 Å². The topological polar surface area (TPSA) is 37.8 Å². The van der Waals surface area contributed by atoms with Crippen LogP contribution < -0.4 is 5.32 Å². The maximum absolute atomic E-state index is 4.41. The number of rotatable bonds is 3. The molecule has 4 heteroatoms. The summed E-state index contributed by atoms with van der Waals surface area (Å²) in [5.41, 5.74) is 4.25. The number of pyridine rings is 1. The van der Waals surface area contributed by atoms with Crippen molar-refractivity contribution in [3.63, 3.8) is 0 Å². The quantitative estimate of drug-likeness (QED) is 0.885. The number of thiazole rings is 1. The lowest BCUT2D eigenvalue weighted by molar-refractivity contribution is 1.05. The molecule has 0 radical (unpaired) electrons. The van der Waals surface area contributed by atoms with Crippen LogP contribution in [0.2, 0.25) is 0 Å². The van der Waals surface area contributed by atoms with E-state index in [-0.39, 0.29) is 0 Å². The monoisotopic (exact) mass is 233 g/mol. The predicted molar refractivity (Wildman–Crippen MR) is 67.9 cm³/mol. The van der Waals surface area contributed by atoms with Crippen LogP contribution in [0.3, 0.4) is 0 Å². The van der Waals surface area contributed by atoms with Crippen LogP contribution in [-0.4, -0.2) is 9.97 Å². The van der Waals surface area contributed by atoms with Crippen molar-refractivity contribution in [1.29, 1.82) is 0 Å². The molecule has 0 aliphatic rings. The second kappa shape index (κ2) is 4.61. The highest BCUT2D eigenvalue weighted by atomic mass is 32.1. The highest BCUT2D eigenvalue weighted by molar-refractivity contribution is 7.09. The van der Waals surface area contributed by atoms with Crippen LogP contribution in [0.25, 0.3) is 0 Å². The standard InChI is InChI=1S/C12H15N3S/c1-8-4-5-11(10(3)14-8)13-6-12-15-9(2)7-16-12/h4-5,7,13H,6H2,1-3H3. The van der Waals surface area contributed by atoms with E-state index in [1.165, 1.54) is 0 Å². The van der Waals surface area contributed by atoms with Crippen LogP contribution in [0.15, 0.2) is 17.5 Å². The summed E-state index contributed by atoms with van der Waals surface area (Å²) in [6.45, 7) is 6.80. The van der Waals surface area contributed by atoms with E-state index < -0.39 is 0 Å². The van der Waals surface area contributed by atoms with Gasteiger partial charge >= 0.3 is 0 Å². The summed E-state index contributed by atoms with van der Waals surface area (Å²) in [7, 11) is 0. The molecule has 0 fully saturated rings. The third kappa shape index (κ3) is 2.58. The van der Waals surface area contributed by atoms with Gasteiger partial charge in [-0.05, 0) is 32.9 Å². The molecule has 0 aromatic carbocycles. The van der Waals surface area contributed by atoms with Crippen molar-refractivity contribution in [3.8, 4) is 0 Å². The SMILES string of the molecule is Cc1csc(CNc2ccc(C)nc2C)n1. The minimum absolute atomic E-state index is 0.768. The van der Waals surface area contributed by atoms with Gasteiger partial charge in [0.1, 0.15) is 5.01 Å². The van der Waals surface area contributed by atoms with E-state index in [1.807, 2.05) is 26.8 Å². The van der Waals surface area contributed by atoms with Crippen LogP contribution in [0.5, 0.6) is 0 Å². The van der Waals surface area contributed by atoms with Crippen molar-refractivity contribution in [3.05, 3.63) is 39.6 Å². The van der Waals surface area contributed by atoms with Crippen molar-refractivity contribution in [1.82, 2.24) is 9.97 Å². The second-order valence-corrected chi connectivity index (χ2v) is 4.76. The van der Waals surface area contributed by atoms with Gasteiger partial charge in [-0.2, -0.15) is 0 Å². The molecule has 0 spiro atoms. The van der Waals surface area contributed by atoms with Gasteiger partial charge in [-0.3, -0.25) is 4.98 Å². The Morgan fingerprint density at radius 1 is 1.12 bits per heavy atom. The van der Waals surface area contributed by atoms with Crippen LogP contribution in [0, 0.1) is 20.8 Å². The number of aryl methyl sites for hydroxylation is 3. The summed E-state index contributed by atoms with van der Waals surface area (Å²) in [5, 5.41) is 6.53. The summed E-state index contributed by atoms with van der Waals surface area (Å²) in [6.07, 6.45) is 0. The molecule has 0 saturated heterocycles. The minimum Gasteiger partial charge on any atom is -0.377 e. The van der Waals surface area contributed by atoms with Crippen LogP contribution in [0.4, 0.5) is 5.69 Å². The van der Waals surface area contributed by atoms with Gasteiger partial charge in [0.05, 0.1) is 17.9 Å². The number of nitrogens with one attached hydrogen (secondary N) is 1. The molecule has 0 aliphatic carbocycles. The Labute approximate surface area is 99.6 Å². The molecule has 2 aromatic heterocycles. The van der Waals surface area contributed by atoms with Gasteiger partial charge in [0, 0.05) is 16.8 Å². The average Bonchev–Trinajstić information content (AvgIpc) is 2.63. The first-order valence-electron chi connectivity index (χ1n) is 5.24. The molecule has 2 rings (SSSR count). The zero-order chi connectivity index (χ0) is 11.5. The number of nitrogens with zero attached hydrogens (tertiary/aromatic N) is 2. The fourth-order valence-electron chi connectivity index (χ4n) is 1.53. The normalized spacial score (nSPS) is 10.4. The highest BCUT2D eigenvalue weighted by Gasteiger charge is 2.01. The lowest BCUT2D eigenvalue weighted by atomic mass is 10.3. The van der Waals surface area contributed by atoms with E-state index in [1.54, 1.807) is 11.3 Å². The van der Waals surface area contributed by atoms with E-state index in [4.69, 9.17) is 0 Å². The Kier molecular flexibility index (Phi) is 3.19. The maximum Gasteiger partial charge on any atom is 0.112 e. The Morgan fingerprint density at radius 2 is 1.94 bits per heavy atom. The van der Waals surface area contributed by atoms with E-state index in [9.17, 15) is 0 Å². The first-order valence-corrected chi connectivity index (χ1v) is 6.12. The average molecular weight is 233 g/mol. The molecule has 0 atom stereocenters. The second-order valence-electron chi connectivity index (χ2n) is 3.82. The Hall–Kier alpha value is -1.42. The molecular formula is C12H15N3S. The number of aromatic nitrogens is 2. The molecule has 0 unspecified atom stereocenters. The predicted octanol–water partition coefficient (Wildman–Crippen LogP) is 3.08. The molecule has 84 valence electrons. The third-order valence-corrected chi connectivity index (χ3v) is 3.29. The Bertz CT molecular complexity index is 491. The van der Waals surface area contributed by atoms with Gasteiger partial charge in [-0.1, -0.05) is 0 Å². The van der Waals surface area contributed by atoms with Crippen molar-refractivity contribution in [2.45, 2.75) is 27.3 Å². The smallest absolute Gasteiger partial charge is 0.112 e. The first kappa shape index (κ1) is 11.1. The molecule has 0 bridgehead atoms. The van der Waals surface area contributed by atoms with Gasteiger partial charge in [0.2, 0.25) is 0 Å². The number of hydrogen-bond donors (Lipinski definition) is 1. The van der Waals surface area contributed by atoms with Gasteiger partial charge < -0.3 is 5.32 Å². The van der Waals surface area contributed by atoms with Gasteiger partial charge in [0.15, 0.2) is 0 Å². The van der Waals surface area contributed by atoms with E-state index in [0.29, 0.717) is 0 Å². The summed E-state index contributed by atoms with van der Waals surface area (Å²) >= 11 is 1.68. The fraction of sp³-hybridized carbons (Fsp3) is 0.333. The molecule has 0 amide bonds. The first-order chi connectivity index (χ1) is 7.65. The van der Waals surface area contributed by atoms with Crippen molar-refractivity contribution >= 4 is 17.0 Å². The number of hydrogen-bond acceptors (Lipinski definition) is 4. The molecule has 2 heterocycles. The molecule has 3 nitrogen and oxygen atoms in total. The lowest BCUT2D eigenvalue weighted by Gasteiger charge is -2.07. The van der Waals surface area contributed by atoms with Gasteiger partial charge in [-0.25, -0.2) is 4.98 Å². The molecule has 0 saturated carbocycles.